The van der Waals surface area contributed by atoms with Crippen molar-refractivity contribution in [1.82, 2.24) is 0 Å². The van der Waals surface area contributed by atoms with Crippen LogP contribution < -0.4 is 21.5 Å². The summed E-state index contributed by atoms with van der Waals surface area (Å²) in [6, 6.07) is 6.77. The van der Waals surface area contributed by atoms with E-state index in [1.54, 1.807) is 0 Å². The number of carbonyl (C=O) groups is 1. The minimum atomic E-state index is -4.44. The number of nitrogens with two attached hydrogens (primary N) is 2. The molecule has 0 aliphatic heterocycles. The first kappa shape index (κ1) is 26.8. The topological polar surface area (TPSA) is 143 Å². The van der Waals surface area contributed by atoms with Crippen molar-refractivity contribution in [3.05, 3.63) is 63.7 Å². The summed E-state index contributed by atoms with van der Waals surface area (Å²) in [5, 5.41) is 13.7. The highest BCUT2D eigenvalue weighted by molar-refractivity contribution is 5.95. The van der Waals surface area contributed by atoms with Crippen LogP contribution in [0, 0.1) is 10.1 Å². The van der Waals surface area contributed by atoms with Crippen molar-refractivity contribution in [2.45, 2.75) is 31.4 Å². The number of ether oxygens (including phenoxy) is 2. The second-order valence-electron chi connectivity index (χ2n) is 7.20. The normalized spacial score (nSPS) is 13.2. The molecule has 0 aliphatic carbocycles. The number of benzene rings is 2. The van der Waals surface area contributed by atoms with E-state index in [0.717, 1.165) is 17.7 Å². The van der Waals surface area contributed by atoms with E-state index in [9.17, 15) is 32.5 Å². The molecule has 0 radical (unpaired) electrons. The number of anilines is 1. The van der Waals surface area contributed by atoms with Crippen molar-refractivity contribution in [2.24, 2.45) is 11.5 Å². The molecule has 2 aromatic carbocycles. The maximum Gasteiger partial charge on any atom is 0.333 e. The Labute approximate surface area is 192 Å². The highest BCUT2D eigenvalue weighted by Crippen LogP contribution is 2.36. The minimum absolute atomic E-state index is 0.0332. The Hall–Kier alpha value is -3.45. The van der Waals surface area contributed by atoms with Crippen molar-refractivity contribution in [1.29, 1.82) is 0 Å². The number of nitrogens with one attached hydrogen (secondary N) is 1. The monoisotopic (exact) mass is 488 g/mol. The fourth-order valence-electron chi connectivity index (χ4n) is 2.83. The van der Waals surface area contributed by atoms with E-state index in [0.29, 0.717) is 13.0 Å². The third kappa shape index (κ3) is 7.85. The highest BCUT2D eigenvalue weighted by Gasteiger charge is 2.42. The zero-order valence-electron chi connectivity index (χ0n) is 17.9. The summed E-state index contributed by atoms with van der Waals surface area (Å²) in [5.41, 5.74) is 8.98. The maximum atomic E-state index is 13.9. The van der Waals surface area contributed by atoms with Crippen LogP contribution in [-0.4, -0.2) is 49.0 Å². The molecule has 0 aromatic heterocycles. The lowest BCUT2D eigenvalue weighted by Gasteiger charge is -2.21. The summed E-state index contributed by atoms with van der Waals surface area (Å²) in [7, 11) is 0. The smallest absolute Gasteiger partial charge is 0.333 e. The molecule has 0 spiro atoms. The molecule has 0 fully saturated rings. The van der Waals surface area contributed by atoms with Gasteiger partial charge in [0, 0.05) is 24.6 Å². The molecule has 2 atom stereocenters. The van der Waals surface area contributed by atoms with Crippen molar-refractivity contribution in [2.75, 3.05) is 25.1 Å². The molecule has 34 heavy (non-hydrogen) atoms. The highest BCUT2D eigenvalue weighted by atomic mass is 19.3. The molecular weight excluding hydrogens is 464 g/mol. The fourth-order valence-corrected chi connectivity index (χ4v) is 2.83. The lowest BCUT2D eigenvalue weighted by atomic mass is 10.1. The molecule has 13 heteroatoms. The van der Waals surface area contributed by atoms with Gasteiger partial charge >= 0.3 is 6.05 Å². The standard InChI is InChI=1S/C21H24F4N4O5/c22-15(19(23)21(24,25)27)11-28-18-16(29(31)32)9-14(20(26)30)10-17(18)34-8-4-7-33-12-13-5-2-1-3-6-13/h1-3,5-6,9-10,15,19,28H,4,7-8,11-12,27H2,(H2,26,30). The first-order chi connectivity index (χ1) is 16.0. The lowest BCUT2D eigenvalue weighted by molar-refractivity contribution is -0.384. The van der Waals surface area contributed by atoms with Gasteiger partial charge in [0.05, 0.1) is 24.7 Å². The van der Waals surface area contributed by atoms with Gasteiger partial charge in [0.15, 0.2) is 11.9 Å². The van der Waals surface area contributed by atoms with Gasteiger partial charge in [-0.05, 0) is 11.6 Å². The van der Waals surface area contributed by atoms with E-state index in [-0.39, 0.29) is 24.5 Å². The SMILES string of the molecule is NC(=O)c1cc(OCCCOCc2ccccc2)c(NCC(F)C(F)C(N)(F)F)c([N+](=O)[O-])c1. The summed E-state index contributed by atoms with van der Waals surface area (Å²) in [6.07, 6.45) is -5.82. The van der Waals surface area contributed by atoms with Crippen molar-refractivity contribution < 1.29 is 36.8 Å². The number of alkyl halides is 4. The van der Waals surface area contributed by atoms with Crippen LogP contribution in [0.4, 0.5) is 28.9 Å². The molecule has 0 aliphatic rings. The van der Waals surface area contributed by atoms with Gasteiger partial charge < -0.3 is 20.5 Å². The molecule has 1 amide bonds. The number of rotatable bonds is 14. The van der Waals surface area contributed by atoms with Gasteiger partial charge in [-0.25, -0.2) is 8.78 Å². The van der Waals surface area contributed by atoms with Crippen LogP contribution >= 0.6 is 0 Å². The molecule has 9 nitrogen and oxygen atoms in total. The average Bonchev–Trinajstić information content (AvgIpc) is 2.78. The molecular formula is C21H24F4N4O5. The van der Waals surface area contributed by atoms with Crippen LogP contribution in [0.3, 0.4) is 0 Å². The van der Waals surface area contributed by atoms with Gasteiger partial charge in [-0.3, -0.25) is 20.6 Å². The molecule has 2 unspecified atom stereocenters. The maximum absolute atomic E-state index is 13.9. The van der Waals surface area contributed by atoms with Crippen molar-refractivity contribution in [3.63, 3.8) is 0 Å². The molecule has 5 N–H and O–H groups in total. The number of primary amides is 1. The molecule has 2 rings (SSSR count). The van der Waals surface area contributed by atoms with Crippen LogP contribution in [0.1, 0.15) is 22.3 Å². The Morgan fingerprint density at radius 2 is 1.85 bits per heavy atom. The number of hydrogen-bond donors (Lipinski definition) is 3. The molecule has 2 aromatic rings. The second-order valence-corrected chi connectivity index (χ2v) is 7.20. The Morgan fingerprint density at radius 1 is 1.18 bits per heavy atom. The number of carbonyl (C=O) groups excluding carboxylic acids is 1. The van der Waals surface area contributed by atoms with Crippen molar-refractivity contribution in [3.8, 4) is 5.75 Å². The largest absolute Gasteiger partial charge is 0.491 e. The van der Waals surface area contributed by atoms with E-state index in [2.05, 4.69) is 11.1 Å². The summed E-state index contributed by atoms with van der Waals surface area (Å²) in [6.45, 7) is -0.503. The lowest BCUT2D eigenvalue weighted by Crippen LogP contribution is -2.47. The Morgan fingerprint density at radius 3 is 2.44 bits per heavy atom. The quantitative estimate of drug-likeness (QED) is 0.122. The number of nitro benzene ring substituents is 1. The first-order valence-corrected chi connectivity index (χ1v) is 10.1. The molecule has 186 valence electrons. The van der Waals surface area contributed by atoms with Crippen LogP contribution in [0.5, 0.6) is 5.75 Å². The van der Waals surface area contributed by atoms with Gasteiger partial charge in [-0.15, -0.1) is 0 Å². The average molecular weight is 488 g/mol. The zero-order valence-corrected chi connectivity index (χ0v) is 17.9. The zero-order chi connectivity index (χ0) is 25.3. The van der Waals surface area contributed by atoms with Gasteiger partial charge in [0.25, 0.3) is 5.69 Å². The van der Waals surface area contributed by atoms with Crippen LogP contribution in [0.2, 0.25) is 0 Å². The van der Waals surface area contributed by atoms with Crippen LogP contribution in [0.15, 0.2) is 42.5 Å². The van der Waals surface area contributed by atoms with Gasteiger partial charge in [0.2, 0.25) is 12.1 Å². The van der Waals surface area contributed by atoms with E-state index in [1.165, 1.54) is 0 Å². The van der Waals surface area contributed by atoms with Gasteiger partial charge in [-0.2, -0.15) is 8.78 Å². The predicted molar refractivity (Wildman–Crippen MR) is 115 cm³/mol. The van der Waals surface area contributed by atoms with E-state index in [1.807, 2.05) is 30.3 Å². The van der Waals surface area contributed by atoms with E-state index < -0.39 is 47.1 Å². The Bertz CT molecular complexity index is 976. The summed E-state index contributed by atoms with van der Waals surface area (Å²) in [4.78, 5) is 22.1. The third-order valence-corrected chi connectivity index (χ3v) is 4.52. The predicted octanol–water partition coefficient (Wildman–Crippen LogP) is 3.32. The number of hydrogen-bond acceptors (Lipinski definition) is 7. The Balaban J connectivity index is 2.09. The number of nitro groups is 1. The van der Waals surface area contributed by atoms with Crippen LogP contribution in [-0.2, 0) is 11.3 Å². The first-order valence-electron chi connectivity index (χ1n) is 10.1. The van der Waals surface area contributed by atoms with Gasteiger partial charge in [0.1, 0.15) is 5.75 Å². The number of amides is 1. The summed E-state index contributed by atoms with van der Waals surface area (Å²) in [5.74, 6) is -1.27. The molecule has 0 heterocycles. The molecule has 0 saturated carbocycles. The van der Waals surface area contributed by atoms with Crippen molar-refractivity contribution >= 4 is 17.3 Å². The minimum Gasteiger partial charge on any atom is -0.491 e. The third-order valence-electron chi connectivity index (χ3n) is 4.52. The van der Waals surface area contributed by atoms with Gasteiger partial charge in [-0.1, -0.05) is 30.3 Å². The van der Waals surface area contributed by atoms with E-state index >= 15 is 0 Å². The molecule has 0 bridgehead atoms. The summed E-state index contributed by atoms with van der Waals surface area (Å²) >= 11 is 0. The Kier molecular flexibility index (Phi) is 9.57. The molecule has 0 saturated heterocycles. The summed E-state index contributed by atoms with van der Waals surface area (Å²) < 4.78 is 64.0. The number of nitrogens with zero attached hydrogens (tertiary/aromatic N) is 1. The number of halogens is 4. The fraction of sp³-hybridized carbons (Fsp3) is 0.381. The second kappa shape index (κ2) is 12.1. The van der Waals surface area contributed by atoms with Crippen LogP contribution in [0.25, 0.3) is 0 Å². The van der Waals surface area contributed by atoms with E-state index in [4.69, 9.17) is 15.2 Å².